The minimum absolute atomic E-state index is 0.185. The van der Waals surface area contributed by atoms with Crippen molar-refractivity contribution in [3.63, 3.8) is 0 Å². The molecule has 2 aliphatic rings. The molecule has 1 saturated carbocycles. The van der Waals surface area contributed by atoms with E-state index < -0.39 is 0 Å². The van der Waals surface area contributed by atoms with Crippen molar-refractivity contribution in [3.05, 3.63) is 11.6 Å². The third-order valence-electron chi connectivity index (χ3n) is 5.34. The number of hydrogen-bond donors (Lipinski definition) is 1. The van der Waals surface area contributed by atoms with Crippen LogP contribution in [0, 0.1) is 23.2 Å². The summed E-state index contributed by atoms with van der Waals surface area (Å²) in [6.45, 7) is 9.16. The summed E-state index contributed by atoms with van der Waals surface area (Å²) in [5.74, 6) is 2.34. The lowest BCUT2D eigenvalue weighted by molar-refractivity contribution is 0.0327. The highest BCUT2D eigenvalue weighted by atomic mass is 16.3. The van der Waals surface area contributed by atoms with Gasteiger partial charge < -0.3 is 5.11 Å². The maximum atomic E-state index is 10.2. The molecule has 1 fully saturated rings. The first-order valence-electron chi connectivity index (χ1n) is 6.82. The van der Waals surface area contributed by atoms with Crippen LogP contribution < -0.4 is 0 Å². The van der Waals surface area contributed by atoms with Crippen LogP contribution in [-0.2, 0) is 0 Å². The second kappa shape index (κ2) is 4.18. The summed E-state index contributed by atoms with van der Waals surface area (Å²) < 4.78 is 0. The Morgan fingerprint density at radius 2 is 2.06 bits per heavy atom. The zero-order chi connectivity index (χ0) is 11.9. The van der Waals surface area contributed by atoms with Crippen molar-refractivity contribution >= 4 is 0 Å². The second-order valence-corrected chi connectivity index (χ2v) is 6.43. The van der Waals surface area contributed by atoms with Crippen molar-refractivity contribution in [2.45, 2.75) is 59.5 Å². The first kappa shape index (κ1) is 12.2. The highest BCUT2D eigenvalue weighted by molar-refractivity contribution is 5.16. The van der Waals surface area contributed by atoms with E-state index in [0.717, 1.165) is 24.2 Å². The summed E-state index contributed by atoms with van der Waals surface area (Å²) >= 11 is 0. The Balaban J connectivity index is 2.28. The van der Waals surface area contributed by atoms with Crippen LogP contribution in [0.1, 0.15) is 53.4 Å². The van der Waals surface area contributed by atoms with Crippen molar-refractivity contribution in [1.29, 1.82) is 0 Å². The van der Waals surface area contributed by atoms with Crippen LogP contribution in [0.2, 0.25) is 0 Å². The van der Waals surface area contributed by atoms with Crippen LogP contribution in [0.15, 0.2) is 11.6 Å². The molecule has 2 rings (SSSR count). The molecule has 1 N–H and O–H groups in total. The van der Waals surface area contributed by atoms with Gasteiger partial charge in [-0.1, -0.05) is 26.8 Å². The van der Waals surface area contributed by atoms with Gasteiger partial charge in [-0.05, 0) is 61.3 Å². The van der Waals surface area contributed by atoms with E-state index in [1.165, 1.54) is 24.8 Å². The molecule has 0 saturated heterocycles. The lowest BCUT2D eigenvalue weighted by Gasteiger charge is -2.45. The minimum Gasteiger partial charge on any atom is -0.389 e. The standard InChI is InChI=1S/C15H26O/c1-10(2)13-6-5-12(4)15(13)8-7-11(3)14(16)9-15/h7,10,12-14,16H,5-6,8-9H2,1-4H3. The molecule has 4 atom stereocenters. The molecule has 92 valence electrons. The molecule has 0 amide bonds. The van der Waals surface area contributed by atoms with E-state index in [1.54, 1.807) is 0 Å². The van der Waals surface area contributed by atoms with Crippen molar-refractivity contribution in [1.82, 2.24) is 0 Å². The van der Waals surface area contributed by atoms with Gasteiger partial charge in [0.1, 0.15) is 0 Å². The van der Waals surface area contributed by atoms with Gasteiger partial charge in [-0.2, -0.15) is 0 Å². The number of aliphatic hydroxyl groups is 1. The van der Waals surface area contributed by atoms with Crippen LogP contribution in [0.3, 0.4) is 0 Å². The highest BCUT2D eigenvalue weighted by Gasteiger charge is 2.50. The number of aliphatic hydroxyl groups excluding tert-OH is 1. The SMILES string of the molecule is CC1=CCC2(CC1O)C(C)CCC2C(C)C. The van der Waals surface area contributed by atoms with E-state index in [-0.39, 0.29) is 6.10 Å². The Morgan fingerprint density at radius 3 is 2.62 bits per heavy atom. The van der Waals surface area contributed by atoms with Gasteiger partial charge in [0.2, 0.25) is 0 Å². The van der Waals surface area contributed by atoms with Crippen LogP contribution in [0.4, 0.5) is 0 Å². The van der Waals surface area contributed by atoms with Crippen LogP contribution >= 0.6 is 0 Å². The molecule has 0 aromatic heterocycles. The van der Waals surface area contributed by atoms with Crippen molar-refractivity contribution in [2.75, 3.05) is 0 Å². The Kier molecular flexibility index (Phi) is 3.18. The molecule has 0 heterocycles. The summed E-state index contributed by atoms with van der Waals surface area (Å²) in [6.07, 6.45) is 7.02. The molecule has 0 aromatic carbocycles. The molecule has 16 heavy (non-hydrogen) atoms. The largest absolute Gasteiger partial charge is 0.389 e. The van der Waals surface area contributed by atoms with Gasteiger partial charge in [-0.3, -0.25) is 0 Å². The fourth-order valence-corrected chi connectivity index (χ4v) is 4.16. The smallest absolute Gasteiger partial charge is 0.0753 e. The van der Waals surface area contributed by atoms with Crippen molar-refractivity contribution in [3.8, 4) is 0 Å². The van der Waals surface area contributed by atoms with Crippen molar-refractivity contribution < 1.29 is 5.11 Å². The molecule has 1 heteroatoms. The molecule has 0 aliphatic heterocycles. The molecule has 1 spiro atoms. The van der Waals surface area contributed by atoms with Gasteiger partial charge in [0, 0.05) is 0 Å². The molecule has 0 bridgehead atoms. The van der Waals surface area contributed by atoms with Gasteiger partial charge in [0.25, 0.3) is 0 Å². The fraction of sp³-hybridized carbons (Fsp3) is 0.867. The third-order valence-corrected chi connectivity index (χ3v) is 5.34. The van der Waals surface area contributed by atoms with Gasteiger partial charge in [-0.25, -0.2) is 0 Å². The first-order chi connectivity index (χ1) is 7.47. The average Bonchev–Trinajstić information content (AvgIpc) is 2.51. The lowest BCUT2D eigenvalue weighted by Crippen LogP contribution is -2.39. The quantitative estimate of drug-likeness (QED) is 0.669. The number of hydrogen-bond acceptors (Lipinski definition) is 1. The second-order valence-electron chi connectivity index (χ2n) is 6.43. The van der Waals surface area contributed by atoms with Gasteiger partial charge in [0.05, 0.1) is 6.10 Å². The van der Waals surface area contributed by atoms with Crippen LogP contribution in [-0.4, -0.2) is 11.2 Å². The normalized spacial score (nSPS) is 44.1. The molecule has 2 aliphatic carbocycles. The Bertz CT molecular complexity index is 292. The Hall–Kier alpha value is -0.300. The Morgan fingerprint density at radius 1 is 1.38 bits per heavy atom. The van der Waals surface area contributed by atoms with E-state index in [9.17, 15) is 5.11 Å². The molecular weight excluding hydrogens is 196 g/mol. The molecule has 1 nitrogen and oxygen atoms in total. The van der Waals surface area contributed by atoms with E-state index in [4.69, 9.17) is 0 Å². The van der Waals surface area contributed by atoms with Crippen molar-refractivity contribution in [2.24, 2.45) is 23.2 Å². The van der Waals surface area contributed by atoms with E-state index in [1.807, 2.05) is 0 Å². The van der Waals surface area contributed by atoms with Gasteiger partial charge >= 0.3 is 0 Å². The maximum Gasteiger partial charge on any atom is 0.0753 e. The summed E-state index contributed by atoms with van der Waals surface area (Å²) in [5.41, 5.74) is 1.58. The fourth-order valence-electron chi connectivity index (χ4n) is 4.16. The summed E-state index contributed by atoms with van der Waals surface area (Å²) in [7, 11) is 0. The average molecular weight is 222 g/mol. The van der Waals surface area contributed by atoms with E-state index in [2.05, 4.69) is 33.8 Å². The first-order valence-corrected chi connectivity index (χ1v) is 6.82. The van der Waals surface area contributed by atoms with Crippen LogP contribution in [0.25, 0.3) is 0 Å². The third kappa shape index (κ3) is 1.73. The summed E-state index contributed by atoms with van der Waals surface area (Å²) in [5, 5.41) is 10.2. The van der Waals surface area contributed by atoms with E-state index in [0.29, 0.717) is 5.41 Å². The topological polar surface area (TPSA) is 20.2 Å². The number of allylic oxidation sites excluding steroid dienone is 1. The zero-order valence-corrected chi connectivity index (χ0v) is 11.2. The summed E-state index contributed by atoms with van der Waals surface area (Å²) in [4.78, 5) is 0. The monoisotopic (exact) mass is 222 g/mol. The minimum atomic E-state index is -0.185. The Labute approximate surface area is 99.9 Å². The molecule has 4 unspecified atom stereocenters. The molecular formula is C15H26O. The van der Waals surface area contributed by atoms with Crippen LogP contribution in [0.5, 0.6) is 0 Å². The van der Waals surface area contributed by atoms with E-state index >= 15 is 0 Å². The molecule has 0 aromatic rings. The van der Waals surface area contributed by atoms with Gasteiger partial charge in [-0.15, -0.1) is 0 Å². The lowest BCUT2D eigenvalue weighted by atomic mass is 9.61. The zero-order valence-electron chi connectivity index (χ0n) is 11.2. The van der Waals surface area contributed by atoms with Gasteiger partial charge in [0.15, 0.2) is 0 Å². The summed E-state index contributed by atoms with van der Waals surface area (Å²) in [6, 6.07) is 0. The molecule has 0 radical (unpaired) electrons. The number of rotatable bonds is 1. The predicted molar refractivity (Wildman–Crippen MR) is 68.2 cm³/mol. The predicted octanol–water partition coefficient (Wildman–Crippen LogP) is 3.78. The highest BCUT2D eigenvalue weighted by Crippen LogP contribution is 2.57. The maximum absolute atomic E-state index is 10.2.